The maximum absolute atomic E-state index is 9.45. The monoisotopic (exact) mass is 228 g/mol. The second kappa shape index (κ2) is 7.25. The van der Waals surface area contributed by atoms with E-state index >= 15 is 0 Å². The molecule has 16 heavy (non-hydrogen) atoms. The normalized spacial score (nSPS) is 29.2. The highest BCUT2D eigenvalue weighted by atomic mass is 16.3. The van der Waals surface area contributed by atoms with Crippen LogP contribution >= 0.6 is 0 Å². The van der Waals surface area contributed by atoms with Crippen molar-refractivity contribution >= 4 is 0 Å². The largest absolute Gasteiger partial charge is 0.393 e. The van der Waals surface area contributed by atoms with E-state index in [1.54, 1.807) is 0 Å². The number of likely N-dealkylation sites (tertiary alicyclic amines) is 1. The number of hydrogen-bond donors (Lipinski definition) is 2. The van der Waals surface area contributed by atoms with Gasteiger partial charge in [-0.25, -0.2) is 0 Å². The van der Waals surface area contributed by atoms with Crippen molar-refractivity contribution in [3.05, 3.63) is 0 Å². The van der Waals surface area contributed by atoms with E-state index in [0.29, 0.717) is 6.04 Å². The molecule has 0 bridgehead atoms. The molecule has 3 atom stereocenters. The summed E-state index contributed by atoms with van der Waals surface area (Å²) in [6.07, 6.45) is 4.06. The minimum Gasteiger partial charge on any atom is -0.393 e. The van der Waals surface area contributed by atoms with Crippen LogP contribution in [0.3, 0.4) is 0 Å². The molecule has 96 valence electrons. The highest BCUT2D eigenvalue weighted by molar-refractivity contribution is 4.81. The van der Waals surface area contributed by atoms with Crippen LogP contribution in [-0.4, -0.2) is 48.8 Å². The van der Waals surface area contributed by atoms with E-state index in [2.05, 4.69) is 24.2 Å². The first-order chi connectivity index (χ1) is 7.63. The molecule has 3 nitrogen and oxygen atoms in total. The standard InChI is InChI=1S/C13H28N2O/c1-4-12(16)6-5-8-14-13-7-9-15(3)10-11(13)2/h11-14,16H,4-10H2,1-3H3. The average molecular weight is 228 g/mol. The van der Waals surface area contributed by atoms with Gasteiger partial charge in [0.05, 0.1) is 6.10 Å². The molecule has 1 rings (SSSR count). The smallest absolute Gasteiger partial charge is 0.0538 e. The van der Waals surface area contributed by atoms with Crippen LogP contribution in [0.2, 0.25) is 0 Å². The minimum atomic E-state index is -0.100. The number of piperidine rings is 1. The van der Waals surface area contributed by atoms with E-state index in [9.17, 15) is 5.11 Å². The minimum absolute atomic E-state index is 0.100. The predicted molar refractivity (Wildman–Crippen MR) is 68.6 cm³/mol. The first-order valence-electron chi connectivity index (χ1n) is 6.73. The Bertz CT molecular complexity index is 187. The van der Waals surface area contributed by atoms with Crippen LogP contribution in [0.25, 0.3) is 0 Å². The fraction of sp³-hybridized carbons (Fsp3) is 1.00. The number of aliphatic hydroxyl groups is 1. The Labute approximate surface area is 100 Å². The van der Waals surface area contributed by atoms with Gasteiger partial charge in [0.25, 0.3) is 0 Å². The Morgan fingerprint density at radius 1 is 1.50 bits per heavy atom. The van der Waals surface area contributed by atoms with Gasteiger partial charge >= 0.3 is 0 Å². The van der Waals surface area contributed by atoms with E-state index in [0.717, 1.165) is 31.7 Å². The number of hydrogen-bond acceptors (Lipinski definition) is 3. The van der Waals surface area contributed by atoms with Crippen molar-refractivity contribution in [3.8, 4) is 0 Å². The molecular weight excluding hydrogens is 200 g/mol. The van der Waals surface area contributed by atoms with Crippen LogP contribution in [0.15, 0.2) is 0 Å². The van der Waals surface area contributed by atoms with Gasteiger partial charge in [-0.1, -0.05) is 13.8 Å². The Kier molecular flexibility index (Phi) is 6.32. The van der Waals surface area contributed by atoms with Crippen molar-refractivity contribution in [1.29, 1.82) is 0 Å². The summed E-state index contributed by atoms with van der Waals surface area (Å²) in [6, 6.07) is 0.676. The lowest BCUT2D eigenvalue weighted by Gasteiger charge is -2.35. The maximum Gasteiger partial charge on any atom is 0.0538 e. The van der Waals surface area contributed by atoms with Crippen molar-refractivity contribution in [1.82, 2.24) is 10.2 Å². The van der Waals surface area contributed by atoms with Crippen LogP contribution in [-0.2, 0) is 0 Å². The van der Waals surface area contributed by atoms with Gasteiger partial charge < -0.3 is 15.3 Å². The Balaban J connectivity index is 2.08. The molecule has 0 radical (unpaired) electrons. The maximum atomic E-state index is 9.45. The van der Waals surface area contributed by atoms with E-state index in [4.69, 9.17) is 0 Å². The van der Waals surface area contributed by atoms with Crippen LogP contribution < -0.4 is 5.32 Å². The van der Waals surface area contributed by atoms with Crippen LogP contribution in [0.4, 0.5) is 0 Å². The number of nitrogens with one attached hydrogen (secondary N) is 1. The SMILES string of the molecule is CCC(O)CCCNC1CCN(C)CC1C. The van der Waals surface area contributed by atoms with E-state index in [-0.39, 0.29) is 6.10 Å². The van der Waals surface area contributed by atoms with E-state index in [1.807, 2.05) is 6.92 Å². The molecule has 1 saturated heterocycles. The Hall–Kier alpha value is -0.120. The first-order valence-corrected chi connectivity index (χ1v) is 6.73. The Morgan fingerprint density at radius 2 is 2.25 bits per heavy atom. The molecule has 3 unspecified atom stereocenters. The summed E-state index contributed by atoms with van der Waals surface area (Å²) in [4.78, 5) is 2.41. The zero-order valence-electron chi connectivity index (χ0n) is 11.1. The number of nitrogens with zero attached hydrogens (tertiary/aromatic N) is 1. The molecule has 0 aromatic rings. The summed E-state index contributed by atoms with van der Waals surface area (Å²) < 4.78 is 0. The van der Waals surface area contributed by atoms with Gasteiger partial charge in [-0.05, 0) is 51.7 Å². The average Bonchev–Trinajstić information content (AvgIpc) is 2.26. The molecule has 0 spiro atoms. The molecule has 0 aromatic carbocycles. The van der Waals surface area contributed by atoms with Gasteiger partial charge in [0, 0.05) is 12.6 Å². The topological polar surface area (TPSA) is 35.5 Å². The molecule has 1 aliphatic rings. The van der Waals surface area contributed by atoms with Gasteiger partial charge in [0.1, 0.15) is 0 Å². The van der Waals surface area contributed by atoms with Crippen molar-refractivity contribution in [2.45, 2.75) is 51.7 Å². The summed E-state index contributed by atoms with van der Waals surface area (Å²) in [6.45, 7) is 7.83. The molecule has 0 aliphatic carbocycles. The first kappa shape index (κ1) is 13.9. The predicted octanol–water partition coefficient (Wildman–Crippen LogP) is 1.47. The fourth-order valence-corrected chi connectivity index (χ4v) is 2.49. The third-order valence-electron chi connectivity index (χ3n) is 3.70. The summed E-state index contributed by atoms with van der Waals surface area (Å²) in [7, 11) is 2.20. The highest BCUT2D eigenvalue weighted by Crippen LogP contribution is 2.15. The highest BCUT2D eigenvalue weighted by Gasteiger charge is 2.23. The summed E-state index contributed by atoms with van der Waals surface area (Å²) in [5.41, 5.74) is 0. The van der Waals surface area contributed by atoms with Crippen LogP contribution in [0.5, 0.6) is 0 Å². The third-order valence-corrected chi connectivity index (χ3v) is 3.70. The van der Waals surface area contributed by atoms with Gasteiger partial charge in [-0.3, -0.25) is 0 Å². The zero-order valence-corrected chi connectivity index (χ0v) is 11.1. The molecule has 0 aromatic heterocycles. The van der Waals surface area contributed by atoms with Crippen LogP contribution in [0.1, 0.15) is 39.5 Å². The second-order valence-corrected chi connectivity index (χ2v) is 5.29. The van der Waals surface area contributed by atoms with E-state index < -0.39 is 0 Å². The number of aliphatic hydroxyl groups excluding tert-OH is 1. The molecule has 2 N–H and O–H groups in total. The third kappa shape index (κ3) is 4.81. The van der Waals surface area contributed by atoms with Crippen molar-refractivity contribution < 1.29 is 5.11 Å². The summed E-state index contributed by atoms with van der Waals surface area (Å²) in [5, 5.41) is 13.1. The van der Waals surface area contributed by atoms with Crippen molar-refractivity contribution in [2.75, 3.05) is 26.7 Å². The Morgan fingerprint density at radius 3 is 2.88 bits per heavy atom. The number of rotatable bonds is 6. The molecule has 1 aliphatic heterocycles. The van der Waals surface area contributed by atoms with Gasteiger partial charge in [0.2, 0.25) is 0 Å². The van der Waals surface area contributed by atoms with Gasteiger partial charge in [-0.2, -0.15) is 0 Å². The summed E-state index contributed by atoms with van der Waals surface area (Å²) in [5.74, 6) is 0.745. The molecule has 0 amide bonds. The van der Waals surface area contributed by atoms with Gasteiger partial charge in [-0.15, -0.1) is 0 Å². The molecular formula is C13H28N2O. The van der Waals surface area contributed by atoms with Crippen LogP contribution in [0, 0.1) is 5.92 Å². The lowest BCUT2D eigenvalue weighted by atomic mass is 9.94. The van der Waals surface area contributed by atoms with E-state index in [1.165, 1.54) is 19.5 Å². The lowest BCUT2D eigenvalue weighted by Crippen LogP contribution is -2.47. The fourth-order valence-electron chi connectivity index (χ4n) is 2.49. The molecule has 0 saturated carbocycles. The quantitative estimate of drug-likeness (QED) is 0.676. The summed E-state index contributed by atoms with van der Waals surface area (Å²) >= 11 is 0. The molecule has 1 fully saturated rings. The zero-order chi connectivity index (χ0) is 12.0. The van der Waals surface area contributed by atoms with Crippen molar-refractivity contribution in [2.24, 2.45) is 5.92 Å². The molecule has 3 heteroatoms. The second-order valence-electron chi connectivity index (χ2n) is 5.29. The molecule has 1 heterocycles. The van der Waals surface area contributed by atoms with Gasteiger partial charge in [0.15, 0.2) is 0 Å². The lowest BCUT2D eigenvalue weighted by molar-refractivity contribution is 0.151. The van der Waals surface area contributed by atoms with Crippen molar-refractivity contribution in [3.63, 3.8) is 0 Å².